The van der Waals surface area contributed by atoms with Gasteiger partial charge in [0.1, 0.15) is 10.7 Å². The van der Waals surface area contributed by atoms with Gasteiger partial charge in [-0.3, -0.25) is 4.68 Å². The zero-order valence-electron chi connectivity index (χ0n) is 7.01. The molecule has 14 heavy (non-hydrogen) atoms. The minimum absolute atomic E-state index is 0.503. The molecule has 0 saturated heterocycles. The molecule has 2 heterocycles. The van der Waals surface area contributed by atoms with Gasteiger partial charge < -0.3 is 5.43 Å². The summed E-state index contributed by atoms with van der Waals surface area (Å²) in [5.74, 6) is 5.28. The lowest BCUT2D eigenvalue weighted by atomic mass is 10.4. The second kappa shape index (κ2) is 3.91. The zero-order chi connectivity index (χ0) is 9.97. The Labute approximate surface area is 88.8 Å². The summed E-state index contributed by atoms with van der Waals surface area (Å²) in [5, 5.41) is 9.26. The Balaban J connectivity index is 2.18. The molecular weight excluding hydrogens is 224 g/mol. The molecule has 0 spiro atoms. The smallest absolute Gasteiger partial charge is 0.149 e. The second-order valence-electron chi connectivity index (χ2n) is 2.55. The standard InChI is InChI=1S/C6H7ClN6S/c7-4-1-9-13(2-4)3-5-6(10-8)14-12-11-5/h1-2,10H,3,8H2. The van der Waals surface area contributed by atoms with E-state index in [0.29, 0.717) is 11.6 Å². The van der Waals surface area contributed by atoms with Crippen LogP contribution in [0.15, 0.2) is 12.4 Å². The number of anilines is 1. The Morgan fingerprint density at radius 3 is 3.14 bits per heavy atom. The second-order valence-corrected chi connectivity index (χ2v) is 3.74. The fourth-order valence-corrected chi connectivity index (χ4v) is 1.64. The van der Waals surface area contributed by atoms with Gasteiger partial charge >= 0.3 is 0 Å². The molecule has 0 amide bonds. The Hall–Kier alpha value is -1.18. The molecule has 2 rings (SSSR count). The number of nitrogens with zero attached hydrogens (tertiary/aromatic N) is 4. The molecule has 2 aromatic rings. The first-order valence-corrected chi connectivity index (χ1v) is 4.90. The summed E-state index contributed by atoms with van der Waals surface area (Å²) >= 11 is 6.92. The fraction of sp³-hybridized carbons (Fsp3) is 0.167. The average Bonchev–Trinajstić information content (AvgIpc) is 2.76. The lowest BCUT2D eigenvalue weighted by molar-refractivity contribution is 0.671. The predicted molar refractivity (Wildman–Crippen MR) is 54.1 cm³/mol. The van der Waals surface area contributed by atoms with E-state index in [0.717, 1.165) is 10.7 Å². The Bertz CT molecular complexity index is 423. The summed E-state index contributed by atoms with van der Waals surface area (Å²) in [7, 11) is 0. The van der Waals surface area contributed by atoms with Gasteiger partial charge in [-0.15, -0.1) is 5.10 Å². The Morgan fingerprint density at radius 1 is 1.64 bits per heavy atom. The van der Waals surface area contributed by atoms with Crippen molar-refractivity contribution in [1.29, 1.82) is 0 Å². The number of aromatic nitrogens is 4. The molecule has 0 saturated carbocycles. The number of rotatable bonds is 3. The van der Waals surface area contributed by atoms with E-state index in [-0.39, 0.29) is 0 Å². The van der Waals surface area contributed by atoms with Crippen LogP contribution in [0.3, 0.4) is 0 Å². The molecular formula is C6H7ClN6S. The van der Waals surface area contributed by atoms with E-state index >= 15 is 0 Å². The molecule has 0 atom stereocenters. The van der Waals surface area contributed by atoms with E-state index in [2.05, 4.69) is 20.1 Å². The van der Waals surface area contributed by atoms with Crippen molar-refractivity contribution in [3.63, 3.8) is 0 Å². The number of nitrogen functional groups attached to an aromatic ring is 1. The van der Waals surface area contributed by atoms with Crippen LogP contribution in [0.1, 0.15) is 5.69 Å². The van der Waals surface area contributed by atoms with Crippen LogP contribution >= 0.6 is 23.1 Å². The summed E-state index contributed by atoms with van der Waals surface area (Å²) < 4.78 is 5.44. The summed E-state index contributed by atoms with van der Waals surface area (Å²) in [6.45, 7) is 0.503. The molecule has 0 bridgehead atoms. The molecule has 0 aliphatic heterocycles. The van der Waals surface area contributed by atoms with Gasteiger partial charge in [0.25, 0.3) is 0 Å². The maximum atomic E-state index is 5.72. The predicted octanol–water partition coefficient (Wildman–Crippen LogP) is 0.722. The van der Waals surface area contributed by atoms with E-state index in [1.165, 1.54) is 11.5 Å². The summed E-state index contributed by atoms with van der Waals surface area (Å²) in [4.78, 5) is 0. The summed E-state index contributed by atoms with van der Waals surface area (Å²) in [6.07, 6.45) is 3.28. The Morgan fingerprint density at radius 2 is 2.50 bits per heavy atom. The molecule has 6 nitrogen and oxygen atoms in total. The normalized spacial score (nSPS) is 10.4. The van der Waals surface area contributed by atoms with Gasteiger partial charge in [-0.1, -0.05) is 16.1 Å². The van der Waals surface area contributed by atoms with Gasteiger partial charge in [0.2, 0.25) is 0 Å². The third-order valence-electron chi connectivity index (χ3n) is 1.60. The first-order valence-electron chi connectivity index (χ1n) is 3.75. The van der Waals surface area contributed by atoms with Crippen molar-refractivity contribution in [2.45, 2.75) is 6.54 Å². The first-order chi connectivity index (χ1) is 6.79. The minimum Gasteiger partial charge on any atom is -0.313 e. The molecule has 0 aliphatic carbocycles. The van der Waals surface area contributed by atoms with Gasteiger partial charge in [0.05, 0.1) is 17.8 Å². The lowest BCUT2D eigenvalue weighted by Crippen LogP contribution is -2.09. The largest absolute Gasteiger partial charge is 0.313 e. The first kappa shape index (κ1) is 9.38. The van der Waals surface area contributed by atoms with E-state index < -0.39 is 0 Å². The van der Waals surface area contributed by atoms with Crippen LogP contribution in [0.2, 0.25) is 5.02 Å². The maximum Gasteiger partial charge on any atom is 0.149 e. The highest BCUT2D eigenvalue weighted by atomic mass is 35.5. The summed E-state index contributed by atoms with van der Waals surface area (Å²) in [6, 6.07) is 0. The van der Waals surface area contributed by atoms with E-state index in [4.69, 9.17) is 17.4 Å². The van der Waals surface area contributed by atoms with Crippen LogP contribution in [0.25, 0.3) is 0 Å². The lowest BCUT2D eigenvalue weighted by Gasteiger charge is -1.99. The van der Waals surface area contributed by atoms with Crippen LogP contribution in [0, 0.1) is 0 Å². The van der Waals surface area contributed by atoms with E-state index in [1.807, 2.05) is 0 Å². The van der Waals surface area contributed by atoms with Crippen molar-refractivity contribution in [1.82, 2.24) is 19.4 Å². The number of hydrogen-bond donors (Lipinski definition) is 2. The minimum atomic E-state index is 0.503. The molecule has 3 N–H and O–H groups in total. The number of hydrogen-bond acceptors (Lipinski definition) is 6. The molecule has 0 radical (unpaired) electrons. The molecule has 0 aliphatic rings. The van der Waals surface area contributed by atoms with Crippen molar-refractivity contribution in [3.8, 4) is 0 Å². The van der Waals surface area contributed by atoms with Gasteiger partial charge in [-0.25, -0.2) is 5.84 Å². The number of halogens is 1. The molecule has 0 unspecified atom stereocenters. The number of nitrogens with one attached hydrogen (secondary N) is 1. The highest BCUT2D eigenvalue weighted by molar-refractivity contribution is 7.10. The number of nitrogens with two attached hydrogens (primary N) is 1. The van der Waals surface area contributed by atoms with Crippen LogP contribution in [0.5, 0.6) is 0 Å². The van der Waals surface area contributed by atoms with Crippen LogP contribution < -0.4 is 11.3 Å². The van der Waals surface area contributed by atoms with Crippen LogP contribution in [-0.4, -0.2) is 19.4 Å². The quantitative estimate of drug-likeness (QED) is 0.600. The van der Waals surface area contributed by atoms with Gasteiger partial charge in [0, 0.05) is 17.7 Å². The van der Waals surface area contributed by atoms with Crippen molar-refractivity contribution < 1.29 is 0 Å². The highest BCUT2D eigenvalue weighted by Gasteiger charge is 2.07. The molecule has 74 valence electrons. The summed E-state index contributed by atoms with van der Waals surface area (Å²) in [5.41, 5.74) is 3.27. The third-order valence-corrected chi connectivity index (χ3v) is 2.49. The monoisotopic (exact) mass is 230 g/mol. The number of hydrazine groups is 1. The van der Waals surface area contributed by atoms with Crippen LogP contribution in [0.4, 0.5) is 5.00 Å². The zero-order valence-corrected chi connectivity index (χ0v) is 8.59. The average molecular weight is 231 g/mol. The molecule has 0 fully saturated rings. The van der Waals surface area contributed by atoms with Gasteiger partial charge in [-0.2, -0.15) is 5.10 Å². The van der Waals surface area contributed by atoms with Crippen molar-refractivity contribution in [2.24, 2.45) is 5.84 Å². The van der Waals surface area contributed by atoms with Crippen molar-refractivity contribution in [3.05, 3.63) is 23.1 Å². The molecule has 8 heteroatoms. The maximum absolute atomic E-state index is 5.72. The topological polar surface area (TPSA) is 81.6 Å². The fourth-order valence-electron chi connectivity index (χ4n) is 1.000. The van der Waals surface area contributed by atoms with E-state index in [1.54, 1.807) is 17.1 Å². The highest BCUT2D eigenvalue weighted by Crippen LogP contribution is 2.17. The molecule has 0 aromatic carbocycles. The van der Waals surface area contributed by atoms with Gasteiger partial charge in [0.15, 0.2) is 0 Å². The SMILES string of the molecule is NNc1snnc1Cn1cc(Cl)cn1. The van der Waals surface area contributed by atoms with Crippen molar-refractivity contribution in [2.75, 3.05) is 5.43 Å². The van der Waals surface area contributed by atoms with Crippen molar-refractivity contribution >= 4 is 28.1 Å². The third kappa shape index (κ3) is 1.84. The Kier molecular flexibility index (Phi) is 2.62. The van der Waals surface area contributed by atoms with Crippen LogP contribution in [-0.2, 0) is 6.54 Å². The van der Waals surface area contributed by atoms with E-state index in [9.17, 15) is 0 Å². The molecule has 2 aromatic heterocycles. The van der Waals surface area contributed by atoms with Gasteiger partial charge in [-0.05, 0) is 0 Å².